The van der Waals surface area contributed by atoms with Crippen molar-refractivity contribution in [1.29, 1.82) is 0 Å². The molecule has 4 heteroatoms. The number of ether oxygens (including phenoxy) is 3. The van der Waals surface area contributed by atoms with Crippen molar-refractivity contribution in [3.8, 4) is 0 Å². The quantitative estimate of drug-likeness (QED) is 0.832. The van der Waals surface area contributed by atoms with E-state index in [4.69, 9.17) is 14.2 Å². The third kappa shape index (κ3) is 2.44. The highest BCUT2D eigenvalue weighted by Crippen LogP contribution is 2.37. The molecule has 1 aliphatic heterocycles. The van der Waals surface area contributed by atoms with Crippen LogP contribution in [0.4, 0.5) is 0 Å². The van der Waals surface area contributed by atoms with Gasteiger partial charge in [0.05, 0.1) is 18.8 Å². The first-order valence-corrected chi connectivity index (χ1v) is 7.32. The van der Waals surface area contributed by atoms with E-state index in [1.54, 1.807) is 0 Å². The van der Waals surface area contributed by atoms with E-state index in [9.17, 15) is 0 Å². The molecule has 1 saturated heterocycles. The molecule has 1 heterocycles. The maximum atomic E-state index is 5.75. The monoisotopic (exact) mass is 255 g/mol. The van der Waals surface area contributed by atoms with Crippen LogP contribution in [0.3, 0.4) is 0 Å². The lowest BCUT2D eigenvalue weighted by Gasteiger charge is -2.43. The lowest BCUT2D eigenvalue weighted by molar-refractivity contribution is -0.180. The molecule has 1 spiro atoms. The van der Waals surface area contributed by atoms with Crippen LogP contribution in [0.2, 0.25) is 0 Å². The third-order valence-electron chi connectivity index (χ3n) is 4.97. The standard InChI is InChI=1S/C14H25NO3/c1-16-13(5-2-6-13)11-15-12-3-7-14(8-4-12)17-9-10-18-14/h12,15H,2-11H2,1H3. The van der Waals surface area contributed by atoms with Gasteiger partial charge in [0.15, 0.2) is 5.79 Å². The molecule has 104 valence electrons. The zero-order valence-corrected chi connectivity index (χ0v) is 11.4. The summed E-state index contributed by atoms with van der Waals surface area (Å²) in [6, 6.07) is 0.607. The van der Waals surface area contributed by atoms with Gasteiger partial charge in [-0.25, -0.2) is 0 Å². The summed E-state index contributed by atoms with van der Waals surface area (Å²) in [5.41, 5.74) is 0.134. The first-order valence-electron chi connectivity index (χ1n) is 7.32. The van der Waals surface area contributed by atoms with Crippen molar-refractivity contribution in [2.45, 2.75) is 62.4 Å². The van der Waals surface area contributed by atoms with Crippen molar-refractivity contribution >= 4 is 0 Å². The second-order valence-corrected chi connectivity index (χ2v) is 6.00. The highest BCUT2D eigenvalue weighted by Gasteiger charge is 2.41. The zero-order chi connectivity index (χ0) is 12.5. The van der Waals surface area contributed by atoms with Crippen LogP contribution in [-0.4, -0.2) is 44.3 Å². The van der Waals surface area contributed by atoms with Crippen LogP contribution in [0.5, 0.6) is 0 Å². The minimum atomic E-state index is -0.229. The minimum absolute atomic E-state index is 0.134. The Bertz CT molecular complexity index is 269. The van der Waals surface area contributed by atoms with Crippen molar-refractivity contribution in [2.75, 3.05) is 26.9 Å². The van der Waals surface area contributed by atoms with E-state index < -0.39 is 0 Å². The van der Waals surface area contributed by atoms with Gasteiger partial charge < -0.3 is 19.5 Å². The summed E-state index contributed by atoms with van der Waals surface area (Å²) < 4.78 is 17.2. The summed E-state index contributed by atoms with van der Waals surface area (Å²) in [5, 5.41) is 3.69. The molecule has 0 aromatic carbocycles. The Morgan fingerprint density at radius 1 is 1.11 bits per heavy atom. The van der Waals surface area contributed by atoms with Crippen molar-refractivity contribution < 1.29 is 14.2 Å². The fourth-order valence-electron chi connectivity index (χ4n) is 3.40. The minimum Gasteiger partial charge on any atom is -0.377 e. The topological polar surface area (TPSA) is 39.7 Å². The second kappa shape index (κ2) is 5.08. The number of hydrogen-bond acceptors (Lipinski definition) is 4. The SMILES string of the molecule is COC1(CNC2CCC3(CC2)OCCO3)CCC1. The molecule has 2 saturated carbocycles. The van der Waals surface area contributed by atoms with Gasteiger partial charge in [-0.2, -0.15) is 0 Å². The van der Waals surface area contributed by atoms with Crippen LogP contribution in [0.15, 0.2) is 0 Å². The predicted octanol–water partition coefficient (Wildman–Crippen LogP) is 1.83. The van der Waals surface area contributed by atoms with Crippen molar-refractivity contribution in [3.63, 3.8) is 0 Å². The summed E-state index contributed by atoms with van der Waals surface area (Å²) in [6.07, 6.45) is 8.10. The van der Waals surface area contributed by atoms with E-state index in [2.05, 4.69) is 5.32 Å². The molecule has 3 rings (SSSR count). The summed E-state index contributed by atoms with van der Waals surface area (Å²) >= 11 is 0. The Kier molecular flexibility index (Phi) is 3.63. The van der Waals surface area contributed by atoms with E-state index in [0.717, 1.165) is 45.4 Å². The first-order chi connectivity index (χ1) is 8.76. The molecule has 0 radical (unpaired) electrons. The van der Waals surface area contributed by atoms with Gasteiger partial charge in [0.2, 0.25) is 0 Å². The average molecular weight is 255 g/mol. The van der Waals surface area contributed by atoms with E-state index in [0.29, 0.717) is 6.04 Å². The zero-order valence-electron chi connectivity index (χ0n) is 11.4. The Labute approximate surface area is 109 Å². The van der Waals surface area contributed by atoms with Crippen LogP contribution in [0.1, 0.15) is 44.9 Å². The molecule has 0 amide bonds. The van der Waals surface area contributed by atoms with Crippen molar-refractivity contribution in [2.24, 2.45) is 0 Å². The highest BCUT2D eigenvalue weighted by molar-refractivity contribution is 4.93. The van der Waals surface area contributed by atoms with Crippen LogP contribution in [0, 0.1) is 0 Å². The van der Waals surface area contributed by atoms with Gasteiger partial charge >= 0.3 is 0 Å². The van der Waals surface area contributed by atoms with E-state index in [1.807, 2.05) is 7.11 Å². The highest BCUT2D eigenvalue weighted by atomic mass is 16.7. The third-order valence-corrected chi connectivity index (χ3v) is 4.97. The van der Waals surface area contributed by atoms with Crippen LogP contribution in [-0.2, 0) is 14.2 Å². The molecule has 0 bridgehead atoms. The largest absolute Gasteiger partial charge is 0.377 e. The van der Waals surface area contributed by atoms with Gasteiger partial charge in [-0.3, -0.25) is 0 Å². The summed E-state index contributed by atoms with van der Waals surface area (Å²) in [5.74, 6) is -0.229. The molecule has 0 atom stereocenters. The van der Waals surface area contributed by atoms with Gasteiger partial charge in [0.1, 0.15) is 0 Å². The Balaban J connectivity index is 1.43. The maximum absolute atomic E-state index is 5.75. The number of nitrogens with one attached hydrogen (secondary N) is 1. The van der Waals surface area contributed by atoms with Gasteiger partial charge in [0, 0.05) is 32.5 Å². The fraction of sp³-hybridized carbons (Fsp3) is 1.00. The van der Waals surface area contributed by atoms with Crippen molar-refractivity contribution in [1.82, 2.24) is 5.32 Å². The molecule has 4 nitrogen and oxygen atoms in total. The molecule has 1 N–H and O–H groups in total. The average Bonchev–Trinajstić information content (AvgIpc) is 2.80. The lowest BCUT2D eigenvalue weighted by atomic mass is 9.79. The smallest absolute Gasteiger partial charge is 0.168 e. The van der Waals surface area contributed by atoms with Gasteiger partial charge in [0.25, 0.3) is 0 Å². The van der Waals surface area contributed by atoms with E-state index in [1.165, 1.54) is 19.3 Å². The van der Waals surface area contributed by atoms with Gasteiger partial charge in [-0.05, 0) is 32.1 Å². The van der Waals surface area contributed by atoms with Crippen LogP contribution < -0.4 is 5.32 Å². The fourth-order valence-corrected chi connectivity index (χ4v) is 3.40. The summed E-state index contributed by atoms with van der Waals surface area (Å²) in [6.45, 7) is 2.54. The molecule has 0 aromatic rings. The molecule has 2 aliphatic carbocycles. The van der Waals surface area contributed by atoms with Gasteiger partial charge in [-0.1, -0.05) is 0 Å². The normalized spacial score (nSPS) is 30.5. The number of hydrogen-bond donors (Lipinski definition) is 1. The van der Waals surface area contributed by atoms with Crippen LogP contribution >= 0.6 is 0 Å². The Morgan fingerprint density at radius 2 is 1.78 bits per heavy atom. The molecule has 3 aliphatic rings. The molecular weight excluding hydrogens is 230 g/mol. The maximum Gasteiger partial charge on any atom is 0.168 e. The van der Waals surface area contributed by atoms with Crippen LogP contribution in [0.25, 0.3) is 0 Å². The first kappa shape index (κ1) is 12.9. The Morgan fingerprint density at radius 3 is 2.28 bits per heavy atom. The molecule has 18 heavy (non-hydrogen) atoms. The van der Waals surface area contributed by atoms with E-state index in [-0.39, 0.29) is 11.4 Å². The summed E-state index contributed by atoms with van der Waals surface area (Å²) in [4.78, 5) is 0. The van der Waals surface area contributed by atoms with Crippen molar-refractivity contribution in [3.05, 3.63) is 0 Å². The van der Waals surface area contributed by atoms with E-state index >= 15 is 0 Å². The molecule has 3 fully saturated rings. The summed E-state index contributed by atoms with van der Waals surface area (Å²) in [7, 11) is 1.84. The second-order valence-electron chi connectivity index (χ2n) is 6.00. The molecule has 0 aromatic heterocycles. The predicted molar refractivity (Wildman–Crippen MR) is 68.5 cm³/mol. The lowest BCUT2D eigenvalue weighted by Crippen LogP contribution is -2.52. The Hall–Kier alpha value is -0.160. The molecule has 0 unspecified atom stereocenters. The number of methoxy groups -OCH3 is 1. The molecular formula is C14H25NO3. The van der Waals surface area contributed by atoms with Gasteiger partial charge in [-0.15, -0.1) is 0 Å². The number of rotatable bonds is 4.